The number of rotatable bonds is 8. The zero-order valence-corrected chi connectivity index (χ0v) is 23.7. The number of anilines is 2. The number of pyridine rings is 1. The fourth-order valence-electron chi connectivity index (χ4n) is 5.85. The van der Waals surface area contributed by atoms with E-state index in [0.29, 0.717) is 47.9 Å². The number of nitrogens with zero attached hydrogens (tertiary/aromatic N) is 7. The van der Waals surface area contributed by atoms with Gasteiger partial charge >= 0.3 is 0 Å². The van der Waals surface area contributed by atoms with Gasteiger partial charge in [-0.3, -0.25) is 9.36 Å². The van der Waals surface area contributed by atoms with Crippen LogP contribution in [0.3, 0.4) is 0 Å². The second-order valence-electron chi connectivity index (χ2n) is 11.5. The molecule has 1 aromatic carbocycles. The second kappa shape index (κ2) is 11.5. The predicted molar refractivity (Wildman–Crippen MR) is 159 cm³/mol. The summed E-state index contributed by atoms with van der Waals surface area (Å²) in [6, 6.07) is 10.8. The smallest absolute Gasteiger partial charge is 0.261 e. The molecule has 10 heteroatoms. The average Bonchev–Trinajstić information content (AvgIpc) is 3.63. The topological polar surface area (TPSA) is 96.1 Å². The summed E-state index contributed by atoms with van der Waals surface area (Å²) in [5.41, 5.74) is 4.09. The van der Waals surface area contributed by atoms with Crippen molar-refractivity contribution in [3.05, 3.63) is 65.0 Å². The molecule has 2 N–H and O–H groups in total. The molecule has 6 rings (SSSR count). The number of nitrogens with one attached hydrogen (secondary N) is 2. The summed E-state index contributed by atoms with van der Waals surface area (Å²) in [5.74, 6) is 1.06. The van der Waals surface area contributed by atoms with Crippen molar-refractivity contribution >= 4 is 22.7 Å². The lowest BCUT2D eigenvalue weighted by Gasteiger charge is -2.23. The number of fused-ring (bicyclic) bond motifs is 1. The summed E-state index contributed by atoms with van der Waals surface area (Å²) in [6.45, 7) is 5.46. The Hall–Kier alpha value is -3.60. The standard InChI is InChI=1S/C30H39N9O/c1-36(2)13-14-39-28-23(15-26(29(39)40)27-19-38(20-33-27)25-5-4-11-31-17-25)16-32-30(35-28)34-24-8-6-21(7-9-24)22-10-12-37(3)18-22/h6-9,15-16,19-20,22,25,31H,4-5,10-14,17-18H2,1-3H3,(H,32,34,35). The summed E-state index contributed by atoms with van der Waals surface area (Å²) < 4.78 is 3.90. The van der Waals surface area contributed by atoms with E-state index in [9.17, 15) is 4.79 Å². The van der Waals surface area contributed by atoms with Gasteiger partial charge in [0.05, 0.1) is 17.6 Å². The number of imidazole rings is 1. The van der Waals surface area contributed by atoms with E-state index < -0.39 is 0 Å². The Morgan fingerprint density at radius 2 is 2.00 bits per heavy atom. The third kappa shape index (κ3) is 5.65. The molecule has 0 amide bonds. The first-order valence-electron chi connectivity index (χ1n) is 14.3. The molecule has 210 valence electrons. The lowest BCUT2D eigenvalue weighted by atomic mass is 9.98. The number of likely N-dealkylation sites (N-methyl/N-ethyl adjacent to an activating group) is 2. The predicted octanol–water partition coefficient (Wildman–Crippen LogP) is 3.30. The van der Waals surface area contributed by atoms with Gasteiger partial charge in [0, 0.05) is 55.7 Å². The Morgan fingerprint density at radius 3 is 2.73 bits per heavy atom. The largest absolute Gasteiger partial charge is 0.332 e. The normalized spacial score (nSPS) is 20.0. The zero-order chi connectivity index (χ0) is 27.6. The van der Waals surface area contributed by atoms with Crippen LogP contribution in [0.4, 0.5) is 11.6 Å². The van der Waals surface area contributed by atoms with Crippen molar-refractivity contribution in [3.8, 4) is 11.3 Å². The van der Waals surface area contributed by atoms with Crippen molar-refractivity contribution in [1.82, 2.24) is 39.2 Å². The van der Waals surface area contributed by atoms with Crippen molar-refractivity contribution in [2.75, 3.05) is 59.2 Å². The van der Waals surface area contributed by atoms with Crippen LogP contribution in [0.15, 0.2) is 53.8 Å². The van der Waals surface area contributed by atoms with E-state index >= 15 is 0 Å². The molecule has 4 aromatic rings. The fourth-order valence-corrected chi connectivity index (χ4v) is 5.85. The highest BCUT2D eigenvalue weighted by Crippen LogP contribution is 2.28. The van der Waals surface area contributed by atoms with Crippen LogP contribution in [0.2, 0.25) is 0 Å². The third-order valence-electron chi connectivity index (χ3n) is 8.20. The van der Waals surface area contributed by atoms with Gasteiger partial charge in [0.1, 0.15) is 5.65 Å². The molecular weight excluding hydrogens is 502 g/mol. The van der Waals surface area contributed by atoms with Crippen molar-refractivity contribution in [1.29, 1.82) is 0 Å². The van der Waals surface area contributed by atoms with Crippen LogP contribution in [0.5, 0.6) is 0 Å². The first-order valence-corrected chi connectivity index (χ1v) is 14.3. The molecule has 0 saturated carbocycles. The van der Waals surface area contributed by atoms with Crippen LogP contribution in [0.1, 0.15) is 36.8 Å². The van der Waals surface area contributed by atoms with Gasteiger partial charge in [-0.2, -0.15) is 4.98 Å². The highest BCUT2D eigenvalue weighted by molar-refractivity contribution is 5.81. The third-order valence-corrected chi connectivity index (χ3v) is 8.20. The van der Waals surface area contributed by atoms with Crippen LogP contribution in [-0.4, -0.2) is 87.8 Å². The summed E-state index contributed by atoms with van der Waals surface area (Å²) in [5, 5.41) is 7.60. The Balaban J connectivity index is 1.30. The van der Waals surface area contributed by atoms with Crippen LogP contribution in [-0.2, 0) is 6.54 Å². The fraction of sp³-hybridized carbons (Fsp3) is 0.467. The van der Waals surface area contributed by atoms with Crippen LogP contribution < -0.4 is 16.2 Å². The van der Waals surface area contributed by atoms with Crippen LogP contribution >= 0.6 is 0 Å². The van der Waals surface area contributed by atoms with Gasteiger partial charge in [-0.15, -0.1) is 0 Å². The Labute approximate surface area is 235 Å². The molecule has 0 spiro atoms. The number of benzene rings is 1. The van der Waals surface area contributed by atoms with E-state index in [4.69, 9.17) is 4.98 Å². The van der Waals surface area contributed by atoms with Crippen molar-refractivity contribution in [3.63, 3.8) is 0 Å². The maximum Gasteiger partial charge on any atom is 0.261 e. The van der Waals surface area contributed by atoms with Crippen molar-refractivity contribution < 1.29 is 0 Å². The molecule has 2 unspecified atom stereocenters. The minimum atomic E-state index is -0.0862. The first kappa shape index (κ1) is 26.6. The van der Waals surface area contributed by atoms with Gasteiger partial charge in [-0.1, -0.05) is 12.1 Å². The number of aromatic nitrogens is 5. The highest BCUT2D eigenvalue weighted by atomic mass is 16.1. The van der Waals surface area contributed by atoms with E-state index in [1.807, 2.05) is 32.7 Å². The molecule has 10 nitrogen and oxygen atoms in total. The van der Waals surface area contributed by atoms with E-state index in [2.05, 4.69) is 66.3 Å². The summed E-state index contributed by atoms with van der Waals surface area (Å²) in [7, 11) is 6.19. The Morgan fingerprint density at radius 1 is 1.15 bits per heavy atom. The Bertz CT molecular complexity index is 1520. The van der Waals surface area contributed by atoms with Crippen molar-refractivity contribution in [2.24, 2.45) is 0 Å². The molecule has 3 aromatic heterocycles. The van der Waals surface area contributed by atoms with Gasteiger partial charge in [0.15, 0.2) is 0 Å². The van der Waals surface area contributed by atoms with Gasteiger partial charge in [-0.25, -0.2) is 9.97 Å². The Kier molecular flexibility index (Phi) is 7.64. The molecule has 2 aliphatic heterocycles. The van der Waals surface area contributed by atoms with E-state index in [0.717, 1.165) is 50.1 Å². The number of piperidine rings is 1. The number of likely N-dealkylation sites (tertiary alicyclic amines) is 1. The quantitative estimate of drug-likeness (QED) is 0.351. The number of hydrogen-bond acceptors (Lipinski definition) is 8. The molecule has 0 aliphatic carbocycles. The molecule has 2 fully saturated rings. The average molecular weight is 542 g/mol. The summed E-state index contributed by atoms with van der Waals surface area (Å²) >= 11 is 0. The van der Waals surface area contributed by atoms with Gasteiger partial charge in [0.25, 0.3) is 5.56 Å². The highest BCUT2D eigenvalue weighted by Gasteiger charge is 2.21. The lowest BCUT2D eigenvalue weighted by Crippen LogP contribution is -2.31. The molecule has 2 saturated heterocycles. The number of hydrogen-bond donors (Lipinski definition) is 2. The SMILES string of the molecule is CN(C)CCn1c(=O)c(-c2cn(C3CCCNC3)cn2)cc2cnc(Nc3ccc(C4CCN(C)C4)cc3)nc21. The van der Waals surface area contributed by atoms with Crippen LogP contribution in [0.25, 0.3) is 22.3 Å². The van der Waals surface area contributed by atoms with Gasteiger partial charge in [-0.05, 0) is 83.2 Å². The van der Waals surface area contributed by atoms with E-state index in [-0.39, 0.29) is 5.56 Å². The maximum absolute atomic E-state index is 13.8. The van der Waals surface area contributed by atoms with Gasteiger partial charge in [0.2, 0.25) is 5.95 Å². The van der Waals surface area contributed by atoms with E-state index in [1.54, 1.807) is 10.8 Å². The van der Waals surface area contributed by atoms with E-state index in [1.165, 1.54) is 12.0 Å². The van der Waals surface area contributed by atoms with Crippen LogP contribution in [0, 0.1) is 0 Å². The summed E-state index contributed by atoms with van der Waals surface area (Å²) in [6.07, 6.45) is 9.09. The zero-order valence-electron chi connectivity index (χ0n) is 23.7. The molecule has 2 atom stereocenters. The molecule has 2 aliphatic rings. The molecular formula is C30H39N9O. The minimum absolute atomic E-state index is 0.0862. The lowest BCUT2D eigenvalue weighted by molar-refractivity contribution is 0.371. The molecule has 40 heavy (non-hydrogen) atoms. The van der Waals surface area contributed by atoms with Gasteiger partial charge < -0.3 is 25.0 Å². The molecule has 0 bridgehead atoms. The molecule has 5 heterocycles. The molecule has 0 radical (unpaired) electrons. The minimum Gasteiger partial charge on any atom is -0.332 e. The second-order valence-corrected chi connectivity index (χ2v) is 11.5. The monoisotopic (exact) mass is 541 g/mol. The summed E-state index contributed by atoms with van der Waals surface area (Å²) in [4.78, 5) is 32.3. The first-order chi connectivity index (χ1) is 19.4. The maximum atomic E-state index is 13.8. The van der Waals surface area contributed by atoms with Crippen molar-refractivity contribution in [2.45, 2.75) is 37.8 Å².